The van der Waals surface area contributed by atoms with E-state index >= 15 is 0 Å². The van der Waals surface area contributed by atoms with E-state index in [4.69, 9.17) is 4.74 Å². The SMILES string of the molecule is Cc1ccc(F)cc1NC(=O)c1ccc2c(c1)OCC2(C)C. The van der Waals surface area contributed by atoms with Gasteiger partial charge in [0.15, 0.2) is 0 Å². The number of carbonyl (C=O) groups excluding carboxylic acids is 1. The molecule has 1 heterocycles. The molecule has 0 spiro atoms. The fourth-order valence-electron chi connectivity index (χ4n) is 2.60. The van der Waals surface area contributed by atoms with E-state index in [9.17, 15) is 9.18 Å². The second-order valence-corrected chi connectivity index (χ2v) is 6.30. The van der Waals surface area contributed by atoms with E-state index in [1.165, 1.54) is 12.1 Å². The molecule has 1 N–H and O–H groups in total. The van der Waals surface area contributed by atoms with Gasteiger partial charge in [-0.3, -0.25) is 4.79 Å². The molecule has 0 unspecified atom stereocenters. The van der Waals surface area contributed by atoms with Crippen molar-refractivity contribution in [3.8, 4) is 5.75 Å². The van der Waals surface area contributed by atoms with Crippen LogP contribution < -0.4 is 10.1 Å². The zero-order valence-electron chi connectivity index (χ0n) is 12.9. The molecular weight excluding hydrogens is 281 g/mol. The van der Waals surface area contributed by atoms with Crippen LogP contribution in [0.15, 0.2) is 36.4 Å². The lowest BCUT2D eigenvalue weighted by Crippen LogP contribution is -2.18. The predicted octanol–water partition coefficient (Wildman–Crippen LogP) is 4.06. The van der Waals surface area contributed by atoms with Crippen molar-refractivity contribution in [2.75, 3.05) is 11.9 Å². The lowest BCUT2D eigenvalue weighted by atomic mass is 9.86. The molecule has 3 rings (SSSR count). The van der Waals surface area contributed by atoms with Crippen molar-refractivity contribution in [3.05, 3.63) is 58.9 Å². The van der Waals surface area contributed by atoms with Crippen LogP contribution in [-0.2, 0) is 5.41 Å². The van der Waals surface area contributed by atoms with Crippen molar-refractivity contribution >= 4 is 11.6 Å². The van der Waals surface area contributed by atoms with Crippen LogP contribution in [0.2, 0.25) is 0 Å². The molecule has 2 aromatic carbocycles. The van der Waals surface area contributed by atoms with Crippen LogP contribution in [-0.4, -0.2) is 12.5 Å². The maximum Gasteiger partial charge on any atom is 0.255 e. The average molecular weight is 299 g/mol. The third-order valence-corrected chi connectivity index (χ3v) is 4.01. The molecule has 0 saturated carbocycles. The van der Waals surface area contributed by atoms with Gasteiger partial charge in [-0.1, -0.05) is 26.0 Å². The molecule has 0 fully saturated rings. The zero-order valence-corrected chi connectivity index (χ0v) is 12.9. The van der Waals surface area contributed by atoms with Gasteiger partial charge in [0.2, 0.25) is 0 Å². The Labute approximate surface area is 129 Å². The number of halogens is 1. The minimum absolute atomic E-state index is 0.0382. The third-order valence-electron chi connectivity index (χ3n) is 4.01. The number of amides is 1. The summed E-state index contributed by atoms with van der Waals surface area (Å²) in [5.74, 6) is 0.0957. The first-order valence-corrected chi connectivity index (χ1v) is 7.22. The molecule has 0 radical (unpaired) electrons. The highest BCUT2D eigenvalue weighted by molar-refractivity contribution is 6.05. The summed E-state index contributed by atoms with van der Waals surface area (Å²) in [7, 11) is 0. The molecule has 0 atom stereocenters. The van der Waals surface area contributed by atoms with Gasteiger partial charge in [0.25, 0.3) is 5.91 Å². The summed E-state index contributed by atoms with van der Waals surface area (Å²) in [4.78, 5) is 12.3. The summed E-state index contributed by atoms with van der Waals surface area (Å²) in [6, 6.07) is 9.78. The van der Waals surface area contributed by atoms with Gasteiger partial charge >= 0.3 is 0 Å². The number of fused-ring (bicyclic) bond motifs is 1. The molecule has 114 valence electrons. The van der Waals surface area contributed by atoms with Gasteiger partial charge in [0, 0.05) is 22.2 Å². The minimum Gasteiger partial charge on any atom is -0.492 e. The summed E-state index contributed by atoms with van der Waals surface area (Å²) in [5, 5.41) is 2.74. The van der Waals surface area contributed by atoms with E-state index in [2.05, 4.69) is 19.2 Å². The van der Waals surface area contributed by atoms with E-state index in [1.54, 1.807) is 18.2 Å². The molecule has 4 heteroatoms. The zero-order chi connectivity index (χ0) is 15.9. The molecule has 1 aliphatic heterocycles. The molecule has 22 heavy (non-hydrogen) atoms. The van der Waals surface area contributed by atoms with Crippen LogP contribution in [0, 0.1) is 12.7 Å². The minimum atomic E-state index is -0.375. The topological polar surface area (TPSA) is 38.3 Å². The lowest BCUT2D eigenvalue weighted by molar-refractivity contribution is 0.102. The van der Waals surface area contributed by atoms with Gasteiger partial charge < -0.3 is 10.1 Å². The van der Waals surface area contributed by atoms with Crippen LogP contribution in [0.25, 0.3) is 0 Å². The second-order valence-electron chi connectivity index (χ2n) is 6.30. The largest absolute Gasteiger partial charge is 0.492 e. The number of nitrogens with one attached hydrogen (secondary N) is 1. The van der Waals surface area contributed by atoms with Gasteiger partial charge in [0.1, 0.15) is 11.6 Å². The second kappa shape index (κ2) is 5.13. The Morgan fingerprint density at radius 2 is 2.00 bits per heavy atom. The van der Waals surface area contributed by atoms with Gasteiger partial charge in [-0.25, -0.2) is 4.39 Å². The monoisotopic (exact) mass is 299 g/mol. The Kier molecular flexibility index (Phi) is 3.39. The summed E-state index contributed by atoms with van der Waals surface area (Å²) < 4.78 is 19.0. The first-order valence-electron chi connectivity index (χ1n) is 7.22. The number of benzene rings is 2. The molecule has 3 nitrogen and oxygen atoms in total. The normalized spacial score (nSPS) is 15.1. The van der Waals surface area contributed by atoms with Crippen LogP contribution in [0.3, 0.4) is 0 Å². The molecule has 1 amide bonds. The van der Waals surface area contributed by atoms with Crippen molar-refractivity contribution < 1.29 is 13.9 Å². The smallest absolute Gasteiger partial charge is 0.255 e. The standard InChI is InChI=1S/C18H18FNO2/c1-11-4-6-13(19)9-15(11)20-17(21)12-5-7-14-16(8-12)22-10-18(14,2)3/h4-9H,10H2,1-3H3,(H,20,21). The maximum absolute atomic E-state index is 13.3. The predicted molar refractivity (Wildman–Crippen MR) is 84.1 cm³/mol. The molecule has 1 aliphatic rings. The van der Waals surface area contributed by atoms with E-state index in [1.807, 2.05) is 13.0 Å². The number of hydrogen-bond donors (Lipinski definition) is 1. The fraction of sp³-hybridized carbons (Fsp3) is 0.278. The number of anilines is 1. The van der Waals surface area contributed by atoms with E-state index in [0.29, 0.717) is 17.9 Å². The lowest BCUT2D eigenvalue weighted by Gasteiger charge is -2.15. The highest BCUT2D eigenvalue weighted by atomic mass is 19.1. The Bertz CT molecular complexity index is 753. The average Bonchev–Trinajstić information content (AvgIpc) is 2.78. The number of rotatable bonds is 2. The van der Waals surface area contributed by atoms with Crippen LogP contribution in [0.1, 0.15) is 35.3 Å². The van der Waals surface area contributed by atoms with E-state index in [0.717, 1.165) is 16.9 Å². The molecule has 0 aliphatic carbocycles. The quantitative estimate of drug-likeness (QED) is 0.908. The first kappa shape index (κ1) is 14.6. The van der Waals surface area contributed by atoms with Crippen molar-refractivity contribution in [2.45, 2.75) is 26.2 Å². The third kappa shape index (κ3) is 2.56. The molecule has 0 aromatic heterocycles. The Morgan fingerprint density at radius 1 is 1.23 bits per heavy atom. The Hall–Kier alpha value is -2.36. The summed E-state index contributed by atoms with van der Waals surface area (Å²) in [6.45, 7) is 6.64. The molecule has 0 bridgehead atoms. The van der Waals surface area contributed by atoms with E-state index < -0.39 is 0 Å². The number of hydrogen-bond acceptors (Lipinski definition) is 2. The Morgan fingerprint density at radius 3 is 2.77 bits per heavy atom. The molecule has 0 saturated heterocycles. The first-order chi connectivity index (χ1) is 10.4. The van der Waals surface area contributed by atoms with Gasteiger partial charge in [0.05, 0.1) is 6.61 Å². The van der Waals surface area contributed by atoms with E-state index in [-0.39, 0.29) is 17.1 Å². The molecule has 2 aromatic rings. The molecular formula is C18H18FNO2. The van der Waals surface area contributed by atoms with Gasteiger partial charge in [-0.15, -0.1) is 0 Å². The number of aryl methyl sites for hydroxylation is 1. The van der Waals surface area contributed by atoms with Crippen molar-refractivity contribution in [2.24, 2.45) is 0 Å². The van der Waals surface area contributed by atoms with Crippen LogP contribution >= 0.6 is 0 Å². The summed E-state index contributed by atoms with van der Waals surface area (Å²) in [6.07, 6.45) is 0. The summed E-state index contributed by atoms with van der Waals surface area (Å²) in [5.41, 5.74) is 2.86. The maximum atomic E-state index is 13.3. The van der Waals surface area contributed by atoms with Gasteiger partial charge in [-0.2, -0.15) is 0 Å². The van der Waals surface area contributed by atoms with Crippen LogP contribution in [0.5, 0.6) is 5.75 Å². The number of carbonyl (C=O) groups is 1. The Balaban J connectivity index is 1.86. The van der Waals surface area contributed by atoms with Gasteiger partial charge in [-0.05, 0) is 36.8 Å². The fourth-order valence-corrected chi connectivity index (χ4v) is 2.60. The highest BCUT2D eigenvalue weighted by Crippen LogP contribution is 2.38. The highest BCUT2D eigenvalue weighted by Gasteiger charge is 2.32. The van der Waals surface area contributed by atoms with Crippen molar-refractivity contribution in [1.29, 1.82) is 0 Å². The van der Waals surface area contributed by atoms with Crippen molar-refractivity contribution in [1.82, 2.24) is 0 Å². The van der Waals surface area contributed by atoms with Crippen LogP contribution in [0.4, 0.5) is 10.1 Å². The summed E-state index contributed by atoms with van der Waals surface area (Å²) >= 11 is 0. The number of ether oxygens (including phenoxy) is 1. The van der Waals surface area contributed by atoms with Crippen molar-refractivity contribution in [3.63, 3.8) is 0 Å².